The largest absolute Gasteiger partial charge is 0.351 e. The van der Waals surface area contributed by atoms with Crippen LogP contribution in [0.15, 0.2) is 41.5 Å². The number of carbonyl (C=O) groups excluding carboxylic acids is 1. The lowest BCUT2D eigenvalue weighted by atomic mass is 10.2. The molecular formula is C18H21N7O2. The van der Waals surface area contributed by atoms with Crippen LogP contribution >= 0.6 is 0 Å². The Morgan fingerprint density at radius 1 is 1.07 bits per heavy atom. The van der Waals surface area contributed by atoms with Crippen LogP contribution in [0.3, 0.4) is 0 Å². The summed E-state index contributed by atoms with van der Waals surface area (Å²) < 4.78 is 0. The summed E-state index contributed by atoms with van der Waals surface area (Å²) in [6, 6.07) is 7.40. The maximum Gasteiger partial charge on any atom is 0.323 e. The topological polar surface area (TPSA) is 110 Å². The minimum atomic E-state index is -0.230. The molecule has 9 heteroatoms. The van der Waals surface area contributed by atoms with Crippen molar-refractivity contribution in [2.75, 3.05) is 37.6 Å². The molecule has 0 spiro atoms. The van der Waals surface area contributed by atoms with Crippen molar-refractivity contribution in [3.8, 4) is 0 Å². The minimum Gasteiger partial charge on any atom is -0.351 e. The van der Waals surface area contributed by atoms with Crippen molar-refractivity contribution >= 4 is 22.9 Å². The summed E-state index contributed by atoms with van der Waals surface area (Å²) in [7, 11) is 0. The average molecular weight is 367 g/mol. The van der Waals surface area contributed by atoms with Gasteiger partial charge in [0.2, 0.25) is 11.9 Å². The van der Waals surface area contributed by atoms with Crippen LogP contribution in [0.4, 0.5) is 5.95 Å². The number of imidazole rings is 1. The SMILES string of the molecule is O=C(CN1CCN(c2ncccn2)CC1)NCc1ccc2[nH]c(=O)[nH]c2c1. The third-order valence-electron chi connectivity index (χ3n) is 4.64. The van der Waals surface area contributed by atoms with Gasteiger partial charge in [-0.3, -0.25) is 9.69 Å². The van der Waals surface area contributed by atoms with Crippen molar-refractivity contribution in [3.05, 3.63) is 52.7 Å². The van der Waals surface area contributed by atoms with Gasteiger partial charge in [0.25, 0.3) is 0 Å². The third kappa shape index (κ3) is 4.14. The van der Waals surface area contributed by atoms with Crippen molar-refractivity contribution in [2.24, 2.45) is 0 Å². The Balaban J connectivity index is 1.25. The van der Waals surface area contributed by atoms with Crippen molar-refractivity contribution in [1.82, 2.24) is 30.2 Å². The Hall–Kier alpha value is -3.20. The molecule has 0 saturated carbocycles. The first kappa shape index (κ1) is 17.2. The van der Waals surface area contributed by atoms with Gasteiger partial charge in [0.15, 0.2) is 0 Å². The number of aromatic amines is 2. The van der Waals surface area contributed by atoms with Crippen molar-refractivity contribution < 1.29 is 4.79 Å². The number of nitrogens with zero attached hydrogens (tertiary/aromatic N) is 4. The number of piperazine rings is 1. The molecule has 0 bridgehead atoms. The van der Waals surface area contributed by atoms with Crippen LogP contribution in [0, 0.1) is 0 Å². The Bertz CT molecular complexity index is 974. The molecule has 0 atom stereocenters. The molecule has 4 rings (SSSR count). The summed E-state index contributed by atoms with van der Waals surface area (Å²) >= 11 is 0. The summed E-state index contributed by atoms with van der Waals surface area (Å²) in [5.41, 5.74) is 2.21. The normalized spacial score (nSPS) is 15.2. The molecular weight excluding hydrogens is 346 g/mol. The summed E-state index contributed by atoms with van der Waals surface area (Å²) in [6.45, 7) is 3.99. The fourth-order valence-electron chi connectivity index (χ4n) is 3.21. The third-order valence-corrected chi connectivity index (χ3v) is 4.64. The predicted octanol–water partition coefficient (Wildman–Crippen LogP) is 0.0846. The van der Waals surface area contributed by atoms with E-state index in [2.05, 4.69) is 35.1 Å². The zero-order valence-electron chi connectivity index (χ0n) is 14.8. The van der Waals surface area contributed by atoms with E-state index in [9.17, 15) is 9.59 Å². The van der Waals surface area contributed by atoms with Gasteiger partial charge in [-0.05, 0) is 23.8 Å². The van der Waals surface area contributed by atoms with Gasteiger partial charge in [0.05, 0.1) is 17.6 Å². The molecule has 1 fully saturated rings. The summed E-state index contributed by atoms with van der Waals surface area (Å²) in [6.07, 6.45) is 3.48. The zero-order chi connectivity index (χ0) is 18.6. The average Bonchev–Trinajstić information content (AvgIpc) is 3.07. The van der Waals surface area contributed by atoms with Crippen molar-refractivity contribution in [1.29, 1.82) is 0 Å². The number of hydrogen-bond donors (Lipinski definition) is 3. The van der Waals surface area contributed by atoms with E-state index in [1.165, 1.54) is 0 Å². The van der Waals surface area contributed by atoms with Crippen LogP contribution < -0.4 is 15.9 Å². The molecule has 1 saturated heterocycles. The van der Waals surface area contributed by atoms with Crippen LogP contribution in [0.5, 0.6) is 0 Å². The second-order valence-corrected chi connectivity index (χ2v) is 6.55. The van der Waals surface area contributed by atoms with E-state index >= 15 is 0 Å². The number of fused-ring (bicyclic) bond motifs is 1. The lowest BCUT2D eigenvalue weighted by molar-refractivity contribution is -0.122. The van der Waals surface area contributed by atoms with Gasteiger partial charge in [-0.15, -0.1) is 0 Å². The monoisotopic (exact) mass is 367 g/mol. The van der Waals surface area contributed by atoms with Gasteiger partial charge in [0, 0.05) is 45.1 Å². The Morgan fingerprint density at radius 3 is 2.59 bits per heavy atom. The molecule has 0 unspecified atom stereocenters. The Kier molecular flexibility index (Phi) is 4.84. The number of carbonyl (C=O) groups is 1. The van der Waals surface area contributed by atoms with E-state index in [1.807, 2.05) is 18.2 Å². The van der Waals surface area contributed by atoms with Crippen LogP contribution in [0.25, 0.3) is 11.0 Å². The number of hydrogen-bond acceptors (Lipinski definition) is 6. The lowest BCUT2D eigenvalue weighted by Gasteiger charge is -2.34. The van der Waals surface area contributed by atoms with Crippen LogP contribution in [-0.4, -0.2) is 63.5 Å². The zero-order valence-corrected chi connectivity index (χ0v) is 14.8. The molecule has 2 aromatic heterocycles. The van der Waals surface area contributed by atoms with Crippen LogP contribution in [0.1, 0.15) is 5.56 Å². The highest BCUT2D eigenvalue weighted by Gasteiger charge is 2.20. The number of rotatable bonds is 5. The van der Waals surface area contributed by atoms with E-state index in [0.29, 0.717) is 13.1 Å². The standard InChI is InChI=1S/C18H21N7O2/c26-16(21-11-13-2-3-14-15(10-13)23-18(27)22-14)12-24-6-8-25(9-7-24)17-19-4-1-5-20-17/h1-5,10H,6-9,11-12H2,(H,21,26)(H2,22,23,27). The number of anilines is 1. The van der Waals surface area contributed by atoms with Gasteiger partial charge in [-0.1, -0.05) is 6.07 Å². The number of aromatic nitrogens is 4. The Morgan fingerprint density at radius 2 is 1.81 bits per heavy atom. The summed E-state index contributed by atoms with van der Waals surface area (Å²) in [5.74, 6) is 0.724. The Labute approximate surface area is 155 Å². The number of benzene rings is 1. The molecule has 0 aliphatic carbocycles. The second-order valence-electron chi connectivity index (χ2n) is 6.55. The van der Waals surface area contributed by atoms with Gasteiger partial charge < -0.3 is 20.2 Å². The minimum absolute atomic E-state index is 0.0120. The molecule has 3 N–H and O–H groups in total. The highest BCUT2D eigenvalue weighted by atomic mass is 16.2. The van der Waals surface area contributed by atoms with E-state index in [1.54, 1.807) is 18.5 Å². The smallest absolute Gasteiger partial charge is 0.323 e. The quantitative estimate of drug-likeness (QED) is 0.589. The molecule has 3 heterocycles. The molecule has 140 valence electrons. The fraction of sp³-hybridized carbons (Fsp3) is 0.333. The maximum atomic E-state index is 12.2. The van der Waals surface area contributed by atoms with Gasteiger partial charge in [-0.2, -0.15) is 0 Å². The van der Waals surface area contributed by atoms with Gasteiger partial charge in [0.1, 0.15) is 0 Å². The number of nitrogens with one attached hydrogen (secondary N) is 3. The summed E-state index contributed by atoms with van der Waals surface area (Å²) in [4.78, 5) is 41.8. The van der Waals surface area contributed by atoms with Gasteiger partial charge in [-0.25, -0.2) is 14.8 Å². The first-order chi connectivity index (χ1) is 13.2. The summed E-state index contributed by atoms with van der Waals surface area (Å²) in [5, 5.41) is 2.94. The van der Waals surface area contributed by atoms with E-state index in [4.69, 9.17) is 0 Å². The number of amides is 1. The molecule has 1 aromatic carbocycles. The second kappa shape index (κ2) is 7.58. The highest BCUT2D eigenvalue weighted by Crippen LogP contribution is 2.11. The van der Waals surface area contributed by atoms with Gasteiger partial charge >= 0.3 is 5.69 Å². The molecule has 1 amide bonds. The van der Waals surface area contributed by atoms with Crippen molar-refractivity contribution in [3.63, 3.8) is 0 Å². The first-order valence-corrected chi connectivity index (χ1v) is 8.89. The molecule has 1 aliphatic heterocycles. The fourth-order valence-corrected chi connectivity index (χ4v) is 3.21. The maximum absolute atomic E-state index is 12.2. The molecule has 0 radical (unpaired) electrons. The van der Waals surface area contributed by atoms with E-state index < -0.39 is 0 Å². The van der Waals surface area contributed by atoms with Crippen LogP contribution in [0.2, 0.25) is 0 Å². The number of H-pyrrole nitrogens is 2. The van der Waals surface area contributed by atoms with E-state index in [0.717, 1.165) is 48.7 Å². The molecule has 1 aliphatic rings. The van der Waals surface area contributed by atoms with E-state index in [-0.39, 0.29) is 11.6 Å². The first-order valence-electron chi connectivity index (χ1n) is 8.89. The molecule has 27 heavy (non-hydrogen) atoms. The van der Waals surface area contributed by atoms with Crippen LogP contribution in [-0.2, 0) is 11.3 Å². The highest BCUT2D eigenvalue weighted by molar-refractivity contribution is 5.78. The predicted molar refractivity (Wildman–Crippen MR) is 101 cm³/mol. The molecule has 3 aromatic rings. The van der Waals surface area contributed by atoms with Crippen molar-refractivity contribution in [2.45, 2.75) is 6.54 Å². The lowest BCUT2D eigenvalue weighted by Crippen LogP contribution is -2.49. The molecule has 9 nitrogen and oxygen atoms in total.